The molecule has 1 fully saturated rings. The van der Waals surface area contributed by atoms with Crippen molar-refractivity contribution < 1.29 is 5.11 Å². The summed E-state index contributed by atoms with van der Waals surface area (Å²) in [6, 6.07) is 5.34. The third-order valence-electron chi connectivity index (χ3n) is 5.02. The summed E-state index contributed by atoms with van der Waals surface area (Å²) in [5.74, 6) is 0.509. The Hall–Kier alpha value is -1.60. The average molecular weight is 411 g/mol. The molecule has 1 aromatic heterocycles. The van der Waals surface area contributed by atoms with E-state index in [1.54, 1.807) is 18.3 Å². The number of likely N-dealkylation sites (tertiary alicyclic amines) is 1. The van der Waals surface area contributed by atoms with Crippen LogP contribution in [0, 0.1) is 12.8 Å². The highest BCUT2D eigenvalue weighted by atomic mass is 35.5. The number of nitrogens with zero attached hydrogens (tertiary/aromatic N) is 3. The second-order valence-electron chi connectivity index (χ2n) is 6.91. The van der Waals surface area contributed by atoms with Crippen LogP contribution in [0.4, 0.5) is 5.69 Å². The van der Waals surface area contributed by atoms with Gasteiger partial charge in [-0.05, 0) is 56.5 Å². The second-order valence-corrected chi connectivity index (χ2v) is 7.70. The number of nitrogens with one attached hydrogen (secondary N) is 1. The highest BCUT2D eigenvalue weighted by molar-refractivity contribution is 6.33. The van der Waals surface area contributed by atoms with Gasteiger partial charge in [-0.2, -0.15) is 9.78 Å². The van der Waals surface area contributed by atoms with Crippen molar-refractivity contribution >= 4 is 28.9 Å². The van der Waals surface area contributed by atoms with Gasteiger partial charge in [-0.15, -0.1) is 0 Å². The van der Waals surface area contributed by atoms with E-state index in [0.29, 0.717) is 22.3 Å². The summed E-state index contributed by atoms with van der Waals surface area (Å²) in [5.41, 5.74) is 1.69. The zero-order valence-electron chi connectivity index (χ0n) is 15.3. The molecule has 6 nitrogen and oxygen atoms in total. The largest absolute Gasteiger partial charge is 0.395 e. The molecule has 3 rings (SSSR count). The second kappa shape index (κ2) is 9.06. The quantitative estimate of drug-likeness (QED) is 0.765. The summed E-state index contributed by atoms with van der Waals surface area (Å²) >= 11 is 12.4. The minimum absolute atomic E-state index is 0.124. The first-order valence-electron chi connectivity index (χ1n) is 9.11. The van der Waals surface area contributed by atoms with Crippen LogP contribution in [-0.4, -0.2) is 52.6 Å². The number of aryl methyl sites for hydroxylation is 1. The summed E-state index contributed by atoms with van der Waals surface area (Å²) < 4.78 is 1.26. The van der Waals surface area contributed by atoms with E-state index >= 15 is 0 Å². The molecule has 2 aromatic rings. The van der Waals surface area contributed by atoms with Crippen LogP contribution in [-0.2, 0) is 0 Å². The van der Waals surface area contributed by atoms with Gasteiger partial charge in [-0.25, -0.2) is 0 Å². The Morgan fingerprint density at radius 1 is 1.30 bits per heavy atom. The molecule has 146 valence electrons. The number of piperidine rings is 1. The predicted octanol–water partition coefficient (Wildman–Crippen LogP) is 2.96. The third kappa shape index (κ3) is 4.82. The van der Waals surface area contributed by atoms with E-state index < -0.39 is 0 Å². The average Bonchev–Trinajstić information content (AvgIpc) is 2.67. The van der Waals surface area contributed by atoms with Crippen LogP contribution in [0.2, 0.25) is 10.0 Å². The number of rotatable bonds is 6. The van der Waals surface area contributed by atoms with Gasteiger partial charge in [0.25, 0.3) is 5.56 Å². The predicted molar refractivity (Wildman–Crippen MR) is 109 cm³/mol. The number of hydrogen-bond donors (Lipinski definition) is 2. The van der Waals surface area contributed by atoms with Crippen molar-refractivity contribution in [2.75, 3.05) is 38.1 Å². The van der Waals surface area contributed by atoms with Crippen LogP contribution < -0.4 is 10.9 Å². The minimum Gasteiger partial charge on any atom is -0.395 e. The van der Waals surface area contributed by atoms with Crippen molar-refractivity contribution in [2.24, 2.45) is 5.92 Å². The lowest BCUT2D eigenvalue weighted by Gasteiger charge is -2.31. The van der Waals surface area contributed by atoms with Crippen molar-refractivity contribution in [2.45, 2.75) is 19.8 Å². The molecule has 1 aliphatic rings. The van der Waals surface area contributed by atoms with Crippen LogP contribution in [0.3, 0.4) is 0 Å². The van der Waals surface area contributed by atoms with Gasteiger partial charge in [0.05, 0.1) is 24.2 Å². The third-order valence-corrected chi connectivity index (χ3v) is 5.80. The fraction of sp³-hybridized carbons (Fsp3) is 0.474. The van der Waals surface area contributed by atoms with Gasteiger partial charge in [-0.1, -0.05) is 29.3 Å². The molecule has 1 saturated heterocycles. The van der Waals surface area contributed by atoms with E-state index in [-0.39, 0.29) is 17.2 Å². The maximum Gasteiger partial charge on any atom is 0.292 e. The van der Waals surface area contributed by atoms with E-state index in [1.807, 2.05) is 13.0 Å². The first kappa shape index (κ1) is 20.1. The highest BCUT2D eigenvalue weighted by Gasteiger charge is 2.19. The van der Waals surface area contributed by atoms with Crippen molar-refractivity contribution in [3.05, 3.63) is 50.4 Å². The van der Waals surface area contributed by atoms with Crippen molar-refractivity contribution in [3.63, 3.8) is 0 Å². The fourth-order valence-corrected chi connectivity index (χ4v) is 3.63. The number of aliphatic hydroxyl groups excluding tert-OH is 1. The molecular formula is C19H24Cl2N4O2. The molecule has 0 atom stereocenters. The molecule has 0 bridgehead atoms. The molecule has 0 unspecified atom stereocenters. The van der Waals surface area contributed by atoms with Crippen LogP contribution in [0.5, 0.6) is 0 Å². The maximum absolute atomic E-state index is 12.6. The zero-order chi connectivity index (χ0) is 19.4. The zero-order valence-corrected chi connectivity index (χ0v) is 16.8. The Kier molecular flexibility index (Phi) is 6.76. The standard InChI is InChI=1S/C19H24Cl2N4O2/c1-13-2-3-15(10-16(13)20)25-19(27)18(21)17(12-23-25)22-11-14-4-6-24(7-5-14)8-9-26/h2-3,10,12,14,22,26H,4-9,11H2,1H3. The number of β-amino-alcohol motifs (C(OH)–C–C–N with tert-alkyl or cyclic N) is 1. The minimum atomic E-state index is -0.376. The summed E-state index contributed by atoms with van der Waals surface area (Å²) in [7, 11) is 0. The maximum atomic E-state index is 12.6. The number of aromatic nitrogens is 2. The van der Waals surface area contributed by atoms with Gasteiger partial charge in [0.2, 0.25) is 0 Å². The van der Waals surface area contributed by atoms with Crippen LogP contribution in [0.25, 0.3) is 5.69 Å². The number of halogens is 2. The first-order chi connectivity index (χ1) is 13.0. The molecule has 27 heavy (non-hydrogen) atoms. The summed E-state index contributed by atoms with van der Waals surface area (Å²) in [5, 5.41) is 17.2. The first-order valence-corrected chi connectivity index (χ1v) is 9.86. The summed E-state index contributed by atoms with van der Waals surface area (Å²) in [6.45, 7) is 5.54. The summed E-state index contributed by atoms with van der Waals surface area (Å²) in [6.07, 6.45) is 3.69. The van der Waals surface area contributed by atoms with Crippen molar-refractivity contribution in [1.29, 1.82) is 0 Å². The van der Waals surface area contributed by atoms with Crippen LogP contribution >= 0.6 is 23.2 Å². The molecule has 0 amide bonds. The van der Waals surface area contributed by atoms with Gasteiger partial charge >= 0.3 is 0 Å². The Bertz CT molecular complexity index is 848. The number of anilines is 1. The summed E-state index contributed by atoms with van der Waals surface area (Å²) in [4.78, 5) is 14.9. The Morgan fingerprint density at radius 2 is 2.04 bits per heavy atom. The molecule has 1 aliphatic heterocycles. The fourth-order valence-electron chi connectivity index (χ4n) is 3.26. The van der Waals surface area contributed by atoms with E-state index in [4.69, 9.17) is 28.3 Å². The molecule has 1 aromatic carbocycles. The van der Waals surface area contributed by atoms with E-state index in [0.717, 1.165) is 44.6 Å². The Labute approximate surface area is 168 Å². The molecule has 0 aliphatic carbocycles. The molecule has 0 spiro atoms. The number of aliphatic hydroxyl groups is 1. The van der Waals surface area contributed by atoms with Crippen molar-refractivity contribution in [1.82, 2.24) is 14.7 Å². The molecule has 8 heteroatoms. The van der Waals surface area contributed by atoms with Crippen molar-refractivity contribution in [3.8, 4) is 5.69 Å². The molecule has 0 saturated carbocycles. The van der Waals surface area contributed by atoms with E-state index in [1.165, 1.54) is 4.68 Å². The van der Waals surface area contributed by atoms with Crippen LogP contribution in [0.1, 0.15) is 18.4 Å². The Morgan fingerprint density at radius 3 is 2.70 bits per heavy atom. The van der Waals surface area contributed by atoms with Gasteiger partial charge in [0.1, 0.15) is 5.02 Å². The molecule has 0 radical (unpaired) electrons. The Balaban J connectivity index is 1.67. The van der Waals surface area contributed by atoms with Gasteiger partial charge in [0.15, 0.2) is 0 Å². The molecule has 2 N–H and O–H groups in total. The number of hydrogen-bond acceptors (Lipinski definition) is 5. The van der Waals surface area contributed by atoms with E-state index in [2.05, 4.69) is 15.3 Å². The smallest absolute Gasteiger partial charge is 0.292 e. The molecular weight excluding hydrogens is 387 g/mol. The lowest BCUT2D eigenvalue weighted by Crippen LogP contribution is -2.37. The SMILES string of the molecule is Cc1ccc(-n2ncc(NCC3CCN(CCO)CC3)c(Cl)c2=O)cc1Cl. The normalized spacial score (nSPS) is 15.9. The number of benzene rings is 1. The highest BCUT2D eigenvalue weighted by Crippen LogP contribution is 2.22. The van der Waals surface area contributed by atoms with Crippen LogP contribution in [0.15, 0.2) is 29.2 Å². The lowest BCUT2D eigenvalue weighted by atomic mass is 9.97. The monoisotopic (exact) mass is 410 g/mol. The topological polar surface area (TPSA) is 70.4 Å². The molecule has 2 heterocycles. The van der Waals surface area contributed by atoms with Gasteiger partial charge < -0.3 is 15.3 Å². The van der Waals surface area contributed by atoms with Gasteiger partial charge in [-0.3, -0.25) is 4.79 Å². The van der Waals surface area contributed by atoms with Gasteiger partial charge in [0, 0.05) is 18.1 Å². The van der Waals surface area contributed by atoms with E-state index in [9.17, 15) is 4.79 Å². The lowest BCUT2D eigenvalue weighted by molar-refractivity contribution is 0.151.